The molecule has 2 heterocycles. The molecular weight excluding hydrogens is 328 g/mol. The maximum absolute atomic E-state index is 12.1. The molecule has 2 aliphatic heterocycles. The molecule has 0 radical (unpaired) electrons. The van der Waals surface area contributed by atoms with Gasteiger partial charge in [-0.05, 0) is 19.8 Å². The Morgan fingerprint density at radius 1 is 1.38 bits per heavy atom. The average molecular weight is 354 g/mol. The van der Waals surface area contributed by atoms with Gasteiger partial charge in [-0.2, -0.15) is 5.26 Å². The van der Waals surface area contributed by atoms with Gasteiger partial charge in [0.1, 0.15) is 6.04 Å². The Bertz CT molecular complexity index is 489. The summed E-state index contributed by atoms with van der Waals surface area (Å²) in [6, 6.07) is 2.17. The Morgan fingerprint density at radius 3 is 2.71 bits per heavy atom. The lowest BCUT2D eigenvalue weighted by Gasteiger charge is -2.34. The van der Waals surface area contributed by atoms with Crippen LogP contribution in [0.5, 0.6) is 0 Å². The zero-order valence-corrected chi connectivity index (χ0v) is 15.1. The largest absolute Gasteiger partial charge is 0.328 e. The van der Waals surface area contributed by atoms with E-state index in [1.807, 2.05) is 18.9 Å². The summed E-state index contributed by atoms with van der Waals surface area (Å²) in [4.78, 5) is 29.4. The molecule has 9 heteroatoms. The number of likely N-dealkylation sites (tertiary alicyclic amines) is 1. The van der Waals surface area contributed by atoms with Crippen LogP contribution >= 0.6 is 11.8 Å². The van der Waals surface area contributed by atoms with Crippen molar-refractivity contribution in [2.45, 2.75) is 31.8 Å². The van der Waals surface area contributed by atoms with Gasteiger partial charge in [-0.15, -0.1) is 11.8 Å². The van der Waals surface area contributed by atoms with Crippen molar-refractivity contribution in [1.29, 1.82) is 5.26 Å². The second-order valence-corrected chi connectivity index (χ2v) is 7.06. The third-order valence-corrected chi connectivity index (χ3v) is 5.48. The van der Waals surface area contributed by atoms with Crippen molar-refractivity contribution >= 4 is 23.7 Å². The third kappa shape index (κ3) is 4.75. The van der Waals surface area contributed by atoms with Crippen molar-refractivity contribution in [2.24, 2.45) is 0 Å². The standard InChI is InChI=1S/C15H26N6O2S/c1-3-19(2)15(23)20-6-4-12(5-7-20)18-17-9-14(22)21-11-24-10-13(21)8-16/h12-13,17-18H,3-7,9-11H2,1-2H3. The molecule has 2 saturated heterocycles. The number of hydrogen-bond donors (Lipinski definition) is 2. The summed E-state index contributed by atoms with van der Waals surface area (Å²) in [5, 5.41) is 9.01. The number of nitrogens with zero attached hydrogens (tertiary/aromatic N) is 4. The van der Waals surface area contributed by atoms with Crippen molar-refractivity contribution in [1.82, 2.24) is 25.6 Å². The fourth-order valence-corrected chi connectivity index (χ4v) is 3.86. The molecule has 1 unspecified atom stereocenters. The Kier molecular flexibility index (Phi) is 7.15. The van der Waals surface area contributed by atoms with Gasteiger partial charge in [0.2, 0.25) is 5.91 Å². The fourth-order valence-electron chi connectivity index (χ4n) is 2.76. The Labute approximate surface area is 147 Å². The van der Waals surface area contributed by atoms with E-state index in [-0.39, 0.29) is 30.6 Å². The SMILES string of the molecule is CCN(C)C(=O)N1CCC(NNCC(=O)N2CSCC2C#N)CC1. The van der Waals surface area contributed by atoms with Gasteiger partial charge in [0.05, 0.1) is 18.5 Å². The fraction of sp³-hybridized carbons (Fsp3) is 0.800. The van der Waals surface area contributed by atoms with Gasteiger partial charge in [0.15, 0.2) is 0 Å². The highest BCUT2D eigenvalue weighted by Gasteiger charge is 2.29. The van der Waals surface area contributed by atoms with Crippen LogP contribution in [0.3, 0.4) is 0 Å². The molecule has 2 N–H and O–H groups in total. The summed E-state index contributed by atoms with van der Waals surface area (Å²) in [7, 11) is 1.81. The van der Waals surface area contributed by atoms with E-state index in [0.29, 0.717) is 18.2 Å². The molecule has 0 bridgehead atoms. The quantitative estimate of drug-likeness (QED) is 0.678. The number of hydrogen-bond acceptors (Lipinski definition) is 6. The van der Waals surface area contributed by atoms with E-state index in [2.05, 4.69) is 16.9 Å². The molecule has 0 aliphatic carbocycles. The monoisotopic (exact) mass is 354 g/mol. The average Bonchev–Trinajstić information content (AvgIpc) is 3.09. The highest BCUT2D eigenvalue weighted by atomic mass is 32.2. The molecule has 2 aliphatic rings. The molecule has 0 aromatic heterocycles. The molecule has 3 amide bonds. The highest BCUT2D eigenvalue weighted by Crippen LogP contribution is 2.19. The number of thioether (sulfide) groups is 1. The van der Waals surface area contributed by atoms with Gasteiger partial charge in [0.25, 0.3) is 0 Å². The minimum atomic E-state index is -0.311. The second kappa shape index (κ2) is 9.11. The van der Waals surface area contributed by atoms with Gasteiger partial charge in [-0.3, -0.25) is 10.2 Å². The number of hydrazine groups is 1. The number of nitriles is 1. The van der Waals surface area contributed by atoms with Crippen LogP contribution in [-0.2, 0) is 4.79 Å². The molecule has 0 aromatic carbocycles. The predicted molar refractivity (Wildman–Crippen MR) is 93.0 cm³/mol. The lowest BCUT2D eigenvalue weighted by Crippen LogP contribution is -2.53. The molecule has 2 fully saturated rings. The summed E-state index contributed by atoms with van der Waals surface area (Å²) in [5.41, 5.74) is 6.15. The lowest BCUT2D eigenvalue weighted by molar-refractivity contribution is -0.130. The first-order chi connectivity index (χ1) is 11.6. The molecule has 0 spiro atoms. The van der Waals surface area contributed by atoms with E-state index in [9.17, 15) is 9.59 Å². The summed E-state index contributed by atoms with van der Waals surface area (Å²) < 4.78 is 0. The molecule has 8 nitrogen and oxygen atoms in total. The molecule has 1 atom stereocenters. The van der Waals surface area contributed by atoms with Crippen molar-refractivity contribution in [3.8, 4) is 6.07 Å². The van der Waals surface area contributed by atoms with E-state index in [4.69, 9.17) is 5.26 Å². The molecule has 0 aromatic rings. The first-order valence-electron chi connectivity index (χ1n) is 8.32. The van der Waals surface area contributed by atoms with Crippen molar-refractivity contribution in [2.75, 3.05) is 44.9 Å². The summed E-state index contributed by atoms with van der Waals surface area (Å²) in [5.74, 6) is 1.22. The maximum Gasteiger partial charge on any atom is 0.319 e. The Hall–Kier alpha value is -1.50. The maximum atomic E-state index is 12.1. The van der Waals surface area contributed by atoms with Gasteiger partial charge in [-0.25, -0.2) is 10.2 Å². The third-order valence-electron chi connectivity index (χ3n) is 4.46. The minimum absolute atomic E-state index is 0.0590. The van der Waals surface area contributed by atoms with Crippen LogP contribution in [0.2, 0.25) is 0 Å². The molecule has 134 valence electrons. The smallest absolute Gasteiger partial charge is 0.319 e. The first kappa shape index (κ1) is 18.8. The molecule has 24 heavy (non-hydrogen) atoms. The number of nitrogens with one attached hydrogen (secondary N) is 2. The van der Waals surface area contributed by atoms with Crippen LogP contribution in [0.15, 0.2) is 0 Å². The van der Waals surface area contributed by atoms with E-state index in [1.165, 1.54) is 0 Å². The predicted octanol–water partition coefficient (Wildman–Crippen LogP) is 0.0418. The van der Waals surface area contributed by atoms with Crippen LogP contribution in [0, 0.1) is 11.3 Å². The zero-order valence-electron chi connectivity index (χ0n) is 14.3. The topological polar surface area (TPSA) is 91.7 Å². The number of carbonyl (C=O) groups excluding carboxylic acids is 2. The number of amides is 3. The van der Waals surface area contributed by atoms with Gasteiger partial charge in [-0.1, -0.05) is 0 Å². The van der Waals surface area contributed by atoms with Crippen LogP contribution < -0.4 is 10.9 Å². The summed E-state index contributed by atoms with van der Waals surface area (Å²) in [6.45, 7) is 4.28. The van der Waals surface area contributed by atoms with Gasteiger partial charge < -0.3 is 14.7 Å². The highest BCUT2D eigenvalue weighted by molar-refractivity contribution is 7.99. The van der Waals surface area contributed by atoms with E-state index in [0.717, 1.165) is 25.9 Å². The molecular formula is C15H26N6O2S. The van der Waals surface area contributed by atoms with E-state index < -0.39 is 0 Å². The van der Waals surface area contributed by atoms with Gasteiger partial charge >= 0.3 is 6.03 Å². The second-order valence-electron chi connectivity index (χ2n) is 6.06. The van der Waals surface area contributed by atoms with Crippen molar-refractivity contribution < 1.29 is 9.59 Å². The van der Waals surface area contributed by atoms with Crippen LogP contribution in [0.1, 0.15) is 19.8 Å². The minimum Gasteiger partial charge on any atom is -0.328 e. The molecule has 0 saturated carbocycles. The summed E-state index contributed by atoms with van der Waals surface area (Å²) in [6.07, 6.45) is 1.70. The van der Waals surface area contributed by atoms with Crippen LogP contribution in [-0.4, -0.2) is 83.6 Å². The van der Waals surface area contributed by atoms with Crippen LogP contribution in [0.4, 0.5) is 4.79 Å². The molecule has 2 rings (SSSR count). The van der Waals surface area contributed by atoms with Crippen molar-refractivity contribution in [3.05, 3.63) is 0 Å². The van der Waals surface area contributed by atoms with Gasteiger partial charge in [0, 0.05) is 38.5 Å². The lowest BCUT2D eigenvalue weighted by atomic mass is 10.1. The Morgan fingerprint density at radius 2 is 2.08 bits per heavy atom. The number of urea groups is 1. The number of piperidine rings is 1. The van der Waals surface area contributed by atoms with Crippen LogP contribution in [0.25, 0.3) is 0 Å². The van der Waals surface area contributed by atoms with Crippen molar-refractivity contribution in [3.63, 3.8) is 0 Å². The Balaban J connectivity index is 1.65. The first-order valence-corrected chi connectivity index (χ1v) is 9.47. The van der Waals surface area contributed by atoms with E-state index >= 15 is 0 Å². The number of carbonyl (C=O) groups is 2. The summed E-state index contributed by atoms with van der Waals surface area (Å²) >= 11 is 1.60. The normalized spacial score (nSPS) is 21.6. The number of rotatable bonds is 5. The zero-order chi connectivity index (χ0) is 17.5. The van der Waals surface area contributed by atoms with E-state index in [1.54, 1.807) is 21.6 Å².